The standard InChI is InChI=1S/C24H30N6O/c1-2-19-10-6-7-11-21(19)26-24-28-22(27-23(25)29-24)16-30-14-12-20(13-15-30)31-17-18-8-4-3-5-9-18/h3-11,20H,2,12-17H2,1H3,(H3,25,26,27,28,29). The van der Waals surface area contributed by atoms with E-state index in [0.717, 1.165) is 38.0 Å². The van der Waals surface area contributed by atoms with Gasteiger partial charge < -0.3 is 15.8 Å². The fourth-order valence-corrected chi connectivity index (χ4v) is 3.86. The van der Waals surface area contributed by atoms with E-state index in [1.165, 1.54) is 11.1 Å². The highest BCUT2D eigenvalue weighted by Crippen LogP contribution is 2.21. The van der Waals surface area contributed by atoms with Gasteiger partial charge in [0.1, 0.15) is 5.82 Å². The smallest absolute Gasteiger partial charge is 0.232 e. The highest BCUT2D eigenvalue weighted by molar-refractivity contribution is 5.58. The van der Waals surface area contributed by atoms with E-state index in [1.54, 1.807) is 0 Å². The van der Waals surface area contributed by atoms with E-state index in [0.29, 0.717) is 31.0 Å². The third-order valence-electron chi connectivity index (χ3n) is 5.57. The Morgan fingerprint density at radius 2 is 1.74 bits per heavy atom. The number of benzene rings is 2. The molecule has 7 heteroatoms. The molecule has 2 aromatic carbocycles. The van der Waals surface area contributed by atoms with Crippen LogP contribution in [0.2, 0.25) is 0 Å². The number of rotatable bonds is 8. The van der Waals surface area contributed by atoms with Gasteiger partial charge in [-0.1, -0.05) is 55.5 Å². The summed E-state index contributed by atoms with van der Waals surface area (Å²) >= 11 is 0. The molecule has 162 valence electrons. The Kier molecular flexibility index (Phi) is 7.07. The van der Waals surface area contributed by atoms with Gasteiger partial charge >= 0.3 is 0 Å². The number of likely N-dealkylation sites (tertiary alicyclic amines) is 1. The zero-order valence-electron chi connectivity index (χ0n) is 18.0. The normalized spacial score (nSPS) is 15.1. The van der Waals surface area contributed by atoms with Crippen LogP contribution in [0.25, 0.3) is 0 Å². The summed E-state index contributed by atoms with van der Waals surface area (Å²) in [6.07, 6.45) is 3.23. The van der Waals surface area contributed by atoms with Gasteiger partial charge in [-0.25, -0.2) is 0 Å². The van der Waals surface area contributed by atoms with Gasteiger partial charge in [-0.3, -0.25) is 4.90 Å². The van der Waals surface area contributed by atoms with Gasteiger partial charge in [0, 0.05) is 18.8 Å². The van der Waals surface area contributed by atoms with Crippen LogP contribution in [-0.2, 0) is 24.3 Å². The number of hydrogen-bond acceptors (Lipinski definition) is 7. The maximum Gasteiger partial charge on any atom is 0.232 e. The molecule has 0 bridgehead atoms. The molecule has 4 rings (SSSR count). The molecule has 1 fully saturated rings. The largest absolute Gasteiger partial charge is 0.373 e. The van der Waals surface area contributed by atoms with Crippen molar-refractivity contribution in [3.05, 3.63) is 71.5 Å². The lowest BCUT2D eigenvalue weighted by Crippen LogP contribution is -2.37. The molecule has 1 saturated heterocycles. The van der Waals surface area contributed by atoms with E-state index in [9.17, 15) is 0 Å². The maximum absolute atomic E-state index is 6.10. The van der Waals surface area contributed by atoms with Crippen molar-refractivity contribution in [3.8, 4) is 0 Å². The van der Waals surface area contributed by atoms with E-state index in [4.69, 9.17) is 10.5 Å². The van der Waals surface area contributed by atoms with E-state index in [1.807, 2.05) is 36.4 Å². The summed E-state index contributed by atoms with van der Waals surface area (Å²) in [5.74, 6) is 1.42. The molecule has 3 N–H and O–H groups in total. The number of nitrogens with two attached hydrogens (primary N) is 1. The molecule has 0 unspecified atom stereocenters. The van der Waals surface area contributed by atoms with Crippen LogP contribution >= 0.6 is 0 Å². The molecule has 1 aliphatic heterocycles. The summed E-state index contributed by atoms with van der Waals surface area (Å²) in [4.78, 5) is 15.6. The third kappa shape index (κ3) is 5.99. The second-order valence-electron chi connectivity index (χ2n) is 7.84. The third-order valence-corrected chi connectivity index (χ3v) is 5.57. The van der Waals surface area contributed by atoms with Crippen LogP contribution in [0.15, 0.2) is 54.6 Å². The summed E-state index contributed by atoms with van der Waals surface area (Å²) in [6, 6.07) is 18.5. The Balaban J connectivity index is 1.31. The van der Waals surface area contributed by atoms with Crippen molar-refractivity contribution in [2.75, 3.05) is 24.1 Å². The summed E-state index contributed by atoms with van der Waals surface area (Å²) < 4.78 is 6.10. The molecule has 1 aromatic heterocycles. The molecule has 0 atom stereocenters. The zero-order valence-corrected chi connectivity index (χ0v) is 18.0. The van der Waals surface area contributed by atoms with Crippen molar-refractivity contribution in [1.29, 1.82) is 0 Å². The highest BCUT2D eigenvalue weighted by atomic mass is 16.5. The molecule has 0 radical (unpaired) electrons. The maximum atomic E-state index is 6.10. The van der Waals surface area contributed by atoms with Gasteiger partial charge in [-0.15, -0.1) is 0 Å². The van der Waals surface area contributed by atoms with Crippen LogP contribution in [0.4, 0.5) is 17.6 Å². The Bertz CT molecular complexity index is 973. The van der Waals surface area contributed by atoms with Crippen molar-refractivity contribution in [3.63, 3.8) is 0 Å². The first kappa shape index (κ1) is 21.2. The molecule has 0 saturated carbocycles. The van der Waals surface area contributed by atoms with Crippen molar-refractivity contribution >= 4 is 17.6 Å². The average Bonchev–Trinajstić information content (AvgIpc) is 2.79. The van der Waals surface area contributed by atoms with Crippen LogP contribution in [0.5, 0.6) is 0 Å². The lowest BCUT2D eigenvalue weighted by molar-refractivity contribution is -0.00436. The van der Waals surface area contributed by atoms with Crippen LogP contribution in [0.3, 0.4) is 0 Å². The van der Waals surface area contributed by atoms with Crippen LogP contribution in [0, 0.1) is 0 Å². The minimum absolute atomic E-state index is 0.238. The van der Waals surface area contributed by atoms with Crippen molar-refractivity contribution < 1.29 is 4.74 Å². The van der Waals surface area contributed by atoms with Crippen molar-refractivity contribution in [2.24, 2.45) is 0 Å². The molecule has 3 aromatic rings. The minimum atomic E-state index is 0.238. The summed E-state index contributed by atoms with van der Waals surface area (Å²) in [5.41, 5.74) is 9.39. The number of aryl methyl sites for hydroxylation is 1. The number of nitrogens with one attached hydrogen (secondary N) is 1. The lowest BCUT2D eigenvalue weighted by Gasteiger charge is -2.31. The Morgan fingerprint density at radius 3 is 2.52 bits per heavy atom. The number of para-hydroxylation sites is 1. The van der Waals surface area contributed by atoms with Crippen LogP contribution in [0.1, 0.15) is 36.7 Å². The number of nitrogen functional groups attached to an aromatic ring is 1. The highest BCUT2D eigenvalue weighted by Gasteiger charge is 2.21. The van der Waals surface area contributed by atoms with E-state index >= 15 is 0 Å². The lowest BCUT2D eigenvalue weighted by atomic mass is 10.1. The summed E-state index contributed by atoms with van der Waals surface area (Å²) in [7, 11) is 0. The topological polar surface area (TPSA) is 89.2 Å². The molecular formula is C24H30N6O. The van der Waals surface area contributed by atoms with Gasteiger partial charge in [0.05, 0.1) is 19.3 Å². The number of piperidine rings is 1. The zero-order chi connectivity index (χ0) is 21.5. The van der Waals surface area contributed by atoms with E-state index < -0.39 is 0 Å². The SMILES string of the molecule is CCc1ccccc1Nc1nc(N)nc(CN2CCC(OCc3ccccc3)CC2)n1. The van der Waals surface area contributed by atoms with E-state index in [2.05, 4.69) is 50.3 Å². The predicted molar refractivity (Wildman–Crippen MR) is 123 cm³/mol. The quantitative estimate of drug-likeness (QED) is 0.573. The molecule has 31 heavy (non-hydrogen) atoms. The van der Waals surface area contributed by atoms with Crippen LogP contribution in [-0.4, -0.2) is 39.0 Å². The number of aromatic nitrogens is 3. The monoisotopic (exact) mass is 418 g/mol. The molecule has 0 spiro atoms. The Labute approximate surface area is 183 Å². The number of nitrogens with zero attached hydrogens (tertiary/aromatic N) is 4. The fraction of sp³-hybridized carbons (Fsp3) is 0.375. The number of ether oxygens (including phenoxy) is 1. The first-order valence-corrected chi connectivity index (χ1v) is 10.9. The molecular weight excluding hydrogens is 388 g/mol. The molecule has 0 aliphatic carbocycles. The van der Waals surface area contributed by atoms with Crippen LogP contribution < -0.4 is 11.1 Å². The summed E-state index contributed by atoms with van der Waals surface area (Å²) in [6.45, 7) is 5.35. The molecule has 7 nitrogen and oxygen atoms in total. The minimum Gasteiger partial charge on any atom is -0.373 e. The molecule has 2 heterocycles. The average molecular weight is 419 g/mol. The number of anilines is 3. The Morgan fingerprint density at radius 1 is 1.00 bits per heavy atom. The van der Waals surface area contributed by atoms with Gasteiger partial charge in [0.25, 0.3) is 0 Å². The number of hydrogen-bond donors (Lipinski definition) is 2. The second-order valence-corrected chi connectivity index (χ2v) is 7.84. The van der Waals surface area contributed by atoms with Crippen molar-refractivity contribution in [2.45, 2.75) is 45.4 Å². The molecule has 0 amide bonds. The van der Waals surface area contributed by atoms with Gasteiger partial charge in [0.15, 0.2) is 0 Å². The van der Waals surface area contributed by atoms with E-state index in [-0.39, 0.29) is 5.95 Å². The van der Waals surface area contributed by atoms with Crippen molar-refractivity contribution in [1.82, 2.24) is 19.9 Å². The fourth-order valence-electron chi connectivity index (χ4n) is 3.86. The summed E-state index contributed by atoms with van der Waals surface area (Å²) in [5, 5.41) is 3.30. The van der Waals surface area contributed by atoms with Gasteiger partial charge in [-0.2, -0.15) is 15.0 Å². The Hall–Kier alpha value is -3.03. The van der Waals surface area contributed by atoms with Gasteiger partial charge in [-0.05, 0) is 36.5 Å². The second kappa shape index (κ2) is 10.3. The van der Waals surface area contributed by atoms with Gasteiger partial charge in [0.2, 0.25) is 11.9 Å². The molecule has 1 aliphatic rings. The first-order chi connectivity index (χ1) is 15.2. The first-order valence-electron chi connectivity index (χ1n) is 10.9. The predicted octanol–water partition coefficient (Wildman–Crippen LogP) is 3.94.